The number of aryl methyl sites for hydroxylation is 1. The molecule has 0 aliphatic carbocycles. The lowest BCUT2D eigenvalue weighted by Crippen LogP contribution is -2.00. The molecule has 0 amide bonds. The van der Waals surface area contributed by atoms with Gasteiger partial charge in [0, 0.05) is 15.6 Å². The fourth-order valence-electron chi connectivity index (χ4n) is 2.84. The van der Waals surface area contributed by atoms with Gasteiger partial charge in [-0.15, -0.1) is 0 Å². The van der Waals surface area contributed by atoms with E-state index in [1.54, 1.807) is 0 Å². The van der Waals surface area contributed by atoms with Gasteiger partial charge in [0.2, 0.25) is 0 Å². The standard InChI is InChI=1S/C21H18BrN3/c1-2-4-14-7-9-15(10-8-14)20-12-18(19(13-23)21(24)25-20)16-5-3-6-17(22)11-16/h3,5-12H,2,4H2,1H3,(H2,24,25). The van der Waals surface area contributed by atoms with Crippen LogP contribution in [0.25, 0.3) is 22.4 Å². The summed E-state index contributed by atoms with van der Waals surface area (Å²) in [6.45, 7) is 2.17. The first-order valence-electron chi connectivity index (χ1n) is 8.18. The molecule has 0 saturated heterocycles. The zero-order valence-electron chi connectivity index (χ0n) is 14.0. The Bertz CT molecular complexity index is 940. The SMILES string of the molecule is CCCc1ccc(-c2cc(-c3cccc(Br)c3)c(C#N)c(N)n2)cc1. The number of rotatable bonds is 4. The first-order chi connectivity index (χ1) is 12.1. The summed E-state index contributed by atoms with van der Waals surface area (Å²) < 4.78 is 0.953. The number of pyridine rings is 1. The molecule has 124 valence electrons. The van der Waals surface area contributed by atoms with Crippen LogP contribution in [-0.2, 0) is 6.42 Å². The molecule has 2 N–H and O–H groups in total. The highest BCUT2D eigenvalue weighted by Gasteiger charge is 2.13. The Morgan fingerprint density at radius 2 is 1.84 bits per heavy atom. The Hall–Kier alpha value is -2.64. The number of nitrogens with zero attached hydrogens (tertiary/aromatic N) is 2. The quantitative estimate of drug-likeness (QED) is 0.630. The molecule has 1 heterocycles. The molecular formula is C21H18BrN3. The molecule has 0 saturated carbocycles. The molecule has 3 nitrogen and oxygen atoms in total. The van der Waals surface area contributed by atoms with Gasteiger partial charge in [-0.3, -0.25) is 0 Å². The highest BCUT2D eigenvalue weighted by Crippen LogP contribution is 2.32. The van der Waals surface area contributed by atoms with Crippen molar-refractivity contribution in [3.8, 4) is 28.5 Å². The van der Waals surface area contributed by atoms with Crippen LogP contribution < -0.4 is 5.73 Å². The van der Waals surface area contributed by atoms with Crippen LogP contribution in [0.5, 0.6) is 0 Å². The van der Waals surface area contributed by atoms with Gasteiger partial charge in [-0.1, -0.05) is 65.7 Å². The van der Waals surface area contributed by atoms with E-state index in [0.717, 1.165) is 39.7 Å². The molecule has 0 aliphatic rings. The van der Waals surface area contributed by atoms with Gasteiger partial charge >= 0.3 is 0 Å². The van der Waals surface area contributed by atoms with Gasteiger partial charge in [0.05, 0.1) is 5.69 Å². The number of anilines is 1. The fraction of sp³-hybridized carbons (Fsp3) is 0.143. The Kier molecular flexibility index (Phi) is 5.16. The highest BCUT2D eigenvalue weighted by atomic mass is 79.9. The Morgan fingerprint density at radius 1 is 1.08 bits per heavy atom. The third-order valence-electron chi connectivity index (χ3n) is 4.08. The highest BCUT2D eigenvalue weighted by molar-refractivity contribution is 9.10. The van der Waals surface area contributed by atoms with E-state index in [-0.39, 0.29) is 5.82 Å². The van der Waals surface area contributed by atoms with E-state index in [2.05, 4.69) is 58.2 Å². The van der Waals surface area contributed by atoms with E-state index in [0.29, 0.717) is 5.56 Å². The summed E-state index contributed by atoms with van der Waals surface area (Å²) in [6.07, 6.45) is 2.18. The number of hydrogen-bond acceptors (Lipinski definition) is 3. The minimum absolute atomic E-state index is 0.257. The minimum Gasteiger partial charge on any atom is -0.383 e. The number of nitrogens with two attached hydrogens (primary N) is 1. The minimum atomic E-state index is 0.257. The lowest BCUT2D eigenvalue weighted by atomic mass is 9.98. The summed E-state index contributed by atoms with van der Waals surface area (Å²) in [7, 11) is 0. The van der Waals surface area contributed by atoms with Crippen molar-refractivity contribution in [3.05, 3.63) is 70.2 Å². The molecule has 0 atom stereocenters. The van der Waals surface area contributed by atoms with E-state index >= 15 is 0 Å². The van der Waals surface area contributed by atoms with Crippen molar-refractivity contribution in [3.63, 3.8) is 0 Å². The number of benzene rings is 2. The normalized spacial score (nSPS) is 10.4. The number of halogens is 1. The molecule has 0 unspecified atom stereocenters. The van der Waals surface area contributed by atoms with Crippen molar-refractivity contribution < 1.29 is 0 Å². The summed E-state index contributed by atoms with van der Waals surface area (Å²) in [5.74, 6) is 0.257. The lowest BCUT2D eigenvalue weighted by Gasteiger charge is -2.11. The van der Waals surface area contributed by atoms with Crippen molar-refractivity contribution in [2.24, 2.45) is 0 Å². The first kappa shape index (κ1) is 17.2. The summed E-state index contributed by atoms with van der Waals surface area (Å²) in [5, 5.41) is 9.51. The van der Waals surface area contributed by atoms with E-state index in [9.17, 15) is 5.26 Å². The van der Waals surface area contributed by atoms with Crippen molar-refractivity contribution in [2.45, 2.75) is 19.8 Å². The zero-order chi connectivity index (χ0) is 17.8. The Morgan fingerprint density at radius 3 is 2.48 bits per heavy atom. The summed E-state index contributed by atoms with van der Waals surface area (Å²) in [4.78, 5) is 4.44. The van der Waals surface area contributed by atoms with Gasteiger partial charge in [-0.2, -0.15) is 5.26 Å². The van der Waals surface area contributed by atoms with Crippen LogP contribution in [0.15, 0.2) is 59.1 Å². The van der Waals surface area contributed by atoms with Gasteiger partial charge in [0.25, 0.3) is 0 Å². The van der Waals surface area contributed by atoms with E-state index in [1.165, 1.54) is 5.56 Å². The van der Waals surface area contributed by atoms with Crippen molar-refractivity contribution in [1.29, 1.82) is 5.26 Å². The molecule has 2 aromatic carbocycles. The van der Waals surface area contributed by atoms with E-state index < -0.39 is 0 Å². The van der Waals surface area contributed by atoms with Crippen LogP contribution in [0.3, 0.4) is 0 Å². The molecule has 0 spiro atoms. The maximum atomic E-state index is 9.51. The molecule has 3 rings (SSSR count). The average Bonchev–Trinajstić information content (AvgIpc) is 2.62. The number of nitrogen functional groups attached to an aromatic ring is 1. The van der Waals surface area contributed by atoms with Gasteiger partial charge in [0.1, 0.15) is 17.5 Å². The van der Waals surface area contributed by atoms with E-state index in [4.69, 9.17) is 5.73 Å². The third-order valence-corrected chi connectivity index (χ3v) is 4.58. The molecule has 25 heavy (non-hydrogen) atoms. The molecule has 4 heteroatoms. The maximum absolute atomic E-state index is 9.51. The molecular weight excluding hydrogens is 374 g/mol. The molecule has 0 aliphatic heterocycles. The molecule has 0 radical (unpaired) electrons. The van der Waals surface area contributed by atoms with Crippen LogP contribution >= 0.6 is 15.9 Å². The van der Waals surface area contributed by atoms with Crippen LogP contribution in [0.1, 0.15) is 24.5 Å². The molecule has 3 aromatic rings. The molecule has 1 aromatic heterocycles. The van der Waals surface area contributed by atoms with Gasteiger partial charge in [-0.05, 0) is 35.7 Å². The molecule has 0 fully saturated rings. The van der Waals surface area contributed by atoms with Gasteiger partial charge in [-0.25, -0.2) is 4.98 Å². The van der Waals surface area contributed by atoms with Crippen LogP contribution in [0.4, 0.5) is 5.82 Å². The number of aromatic nitrogens is 1. The van der Waals surface area contributed by atoms with Crippen molar-refractivity contribution >= 4 is 21.7 Å². The topological polar surface area (TPSA) is 62.7 Å². The molecule has 0 bridgehead atoms. The fourth-order valence-corrected chi connectivity index (χ4v) is 3.24. The van der Waals surface area contributed by atoms with Crippen molar-refractivity contribution in [1.82, 2.24) is 4.98 Å². The third kappa shape index (κ3) is 3.72. The monoisotopic (exact) mass is 391 g/mol. The maximum Gasteiger partial charge on any atom is 0.142 e. The number of nitriles is 1. The van der Waals surface area contributed by atoms with Crippen molar-refractivity contribution in [2.75, 3.05) is 5.73 Å². The summed E-state index contributed by atoms with van der Waals surface area (Å²) >= 11 is 3.48. The van der Waals surface area contributed by atoms with Crippen LogP contribution in [-0.4, -0.2) is 4.98 Å². The second-order valence-electron chi connectivity index (χ2n) is 5.88. The predicted molar refractivity (Wildman–Crippen MR) is 106 cm³/mol. The number of hydrogen-bond donors (Lipinski definition) is 1. The zero-order valence-corrected chi connectivity index (χ0v) is 15.5. The van der Waals surface area contributed by atoms with Gasteiger partial charge < -0.3 is 5.73 Å². The second-order valence-corrected chi connectivity index (χ2v) is 6.80. The largest absolute Gasteiger partial charge is 0.383 e. The second kappa shape index (κ2) is 7.50. The summed E-state index contributed by atoms with van der Waals surface area (Å²) in [6, 6.07) is 20.3. The first-order valence-corrected chi connectivity index (χ1v) is 8.97. The Balaban J connectivity index is 2.12. The van der Waals surface area contributed by atoms with Gasteiger partial charge in [0.15, 0.2) is 0 Å². The van der Waals surface area contributed by atoms with Crippen LogP contribution in [0, 0.1) is 11.3 Å². The average molecular weight is 392 g/mol. The van der Waals surface area contributed by atoms with Crippen LogP contribution in [0.2, 0.25) is 0 Å². The van der Waals surface area contributed by atoms with E-state index in [1.807, 2.05) is 30.3 Å². The Labute approximate surface area is 156 Å². The lowest BCUT2D eigenvalue weighted by molar-refractivity contribution is 0.922. The summed E-state index contributed by atoms with van der Waals surface area (Å²) in [5.41, 5.74) is 11.3. The smallest absolute Gasteiger partial charge is 0.142 e. The predicted octanol–water partition coefficient (Wildman–Crippen LogP) is 5.58.